The maximum Gasteiger partial charge on any atom is 0.270 e. The lowest BCUT2D eigenvalue weighted by atomic mass is 10.3. The summed E-state index contributed by atoms with van der Waals surface area (Å²) in [5.41, 5.74) is 1.47. The van der Waals surface area contributed by atoms with Crippen LogP contribution in [0.2, 0.25) is 0 Å². The van der Waals surface area contributed by atoms with Crippen LogP contribution in [-0.2, 0) is 0 Å². The number of rotatable bonds is 9. The highest BCUT2D eigenvalue weighted by atomic mass is 32.1. The molecule has 1 aromatic carbocycles. The van der Waals surface area contributed by atoms with Crippen molar-refractivity contribution < 1.29 is 9.90 Å². The summed E-state index contributed by atoms with van der Waals surface area (Å²) in [6, 6.07) is 9.91. The van der Waals surface area contributed by atoms with Crippen molar-refractivity contribution in [3.8, 4) is 0 Å². The number of amides is 1. The van der Waals surface area contributed by atoms with E-state index in [4.69, 9.17) is 5.11 Å². The summed E-state index contributed by atoms with van der Waals surface area (Å²) < 4.78 is 0. The summed E-state index contributed by atoms with van der Waals surface area (Å²) in [4.78, 5) is 18.4. The molecule has 0 aliphatic heterocycles. The Morgan fingerprint density at radius 3 is 2.78 bits per heavy atom. The van der Waals surface area contributed by atoms with Crippen LogP contribution in [0.4, 0.5) is 10.8 Å². The molecule has 0 saturated carbocycles. The number of thiazole rings is 1. The van der Waals surface area contributed by atoms with Crippen molar-refractivity contribution in [3.63, 3.8) is 0 Å². The first kappa shape index (κ1) is 17.4. The number of carbonyl (C=O) groups is 1. The fourth-order valence-corrected chi connectivity index (χ4v) is 2.79. The SMILES string of the molecule is CN(c1ccccc1)c1nc(C(=O)NCCCNCCO)cs1. The van der Waals surface area contributed by atoms with Gasteiger partial charge in [0.15, 0.2) is 5.13 Å². The maximum absolute atomic E-state index is 12.1. The van der Waals surface area contributed by atoms with Gasteiger partial charge >= 0.3 is 0 Å². The molecule has 2 aromatic rings. The summed E-state index contributed by atoms with van der Waals surface area (Å²) in [6.07, 6.45) is 0.812. The van der Waals surface area contributed by atoms with Crippen molar-refractivity contribution in [1.82, 2.24) is 15.6 Å². The minimum atomic E-state index is -0.156. The van der Waals surface area contributed by atoms with Gasteiger partial charge in [-0.2, -0.15) is 0 Å². The van der Waals surface area contributed by atoms with Crippen LogP contribution in [0.1, 0.15) is 16.9 Å². The van der Waals surface area contributed by atoms with Crippen LogP contribution in [0.5, 0.6) is 0 Å². The van der Waals surface area contributed by atoms with Gasteiger partial charge in [0, 0.05) is 31.2 Å². The number of anilines is 2. The topological polar surface area (TPSA) is 77.5 Å². The van der Waals surface area contributed by atoms with E-state index in [9.17, 15) is 4.79 Å². The summed E-state index contributed by atoms with van der Waals surface area (Å²) in [6.45, 7) is 2.05. The highest BCUT2D eigenvalue weighted by Crippen LogP contribution is 2.26. The van der Waals surface area contributed by atoms with E-state index in [1.807, 2.05) is 42.3 Å². The minimum absolute atomic E-state index is 0.128. The first-order valence-electron chi connectivity index (χ1n) is 7.56. The molecule has 0 unspecified atom stereocenters. The standard InChI is InChI=1S/C16H22N4O2S/c1-20(13-6-3-2-4-7-13)16-19-14(12-23-16)15(22)18-9-5-8-17-10-11-21/h2-4,6-7,12,17,21H,5,8-11H2,1H3,(H,18,22). The lowest BCUT2D eigenvalue weighted by Gasteiger charge is -2.15. The van der Waals surface area contributed by atoms with Gasteiger partial charge in [0.2, 0.25) is 0 Å². The van der Waals surface area contributed by atoms with Gasteiger partial charge in [0.1, 0.15) is 5.69 Å². The summed E-state index contributed by atoms with van der Waals surface area (Å²) in [5, 5.41) is 17.1. The van der Waals surface area contributed by atoms with Gasteiger partial charge in [0.05, 0.1) is 6.61 Å². The van der Waals surface area contributed by atoms with E-state index < -0.39 is 0 Å². The van der Waals surface area contributed by atoms with E-state index in [1.54, 1.807) is 5.38 Å². The molecule has 1 amide bonds. The molecule has 0 radical (unpaired) electrons. The van der Waals surface area contributed by atoms with Crippen LogP contribution in [0.3, 0.4) is 0 Å². The zero-order valence-corrected chi connectivity index (χ0v) is 14.0. The van der Waals surface area contributed by atoms with E-state index in [1.165, 1.54) is 11.3 Å². The average molecular weight is 334 g/mol. The number of aliphatic hydroxyl groups is 1. The van der Waals surface area contributed by atoms with Crippen molar-refractivity contribution in [2.24, 2.45) is 0 Å². The molecule has 7 heteroatoms. The van der Waals surface area contributed by atoms with Gasteiger partial charge in [-0.05, 0) is 25.1 Å². The van der Waals surface area contributed by atoms with Crippen LogP contribution >= 0.6 is 11.3 Å². The lowest BCUT2D eigenvalue weighted by Crippen LogP contribution is -2.28. The monoisotopic (exact) mass is 334 g/mol. The van der Waals surface area contributed by atoms with Crippen molar-refractivity contribution in [2.45, 2.75) is 6.42 Å². The number of nitrogens with zero attached hydrogens (tertiary/aromatic N) is 2. The Balaban J connectivity index is 1.83. The number of carbonyl (C=O) groups excluding carboxylic acids is 1. The zero-order valence-electron chi connectivity index (χ0n) is 13.2. The maximum atomic E-state index is 12.1. The minimum Gasteiger partial charge on any atom is -0.395 e. The Kier molecular flexibility index (Phi) is 6.99. The smallest absolute Gasteiger partial charge is 0.270 e. The quantitative estimate of drug-likeness (QED) is 0.607. The second-order valence-electron chi connectivity index (χ2n) is 4.99. The van der Waals surface area contributed by atoms with Crippen LogP contribution in [0.25, 0.3) is 0 Å². The number of benzene rings is 1. The van der Waals surface area contributed by atoms with Crippen molar-refractivity contribution in [3.05, 3.63) is 41.4 Å². The Morgan fingerprint density at radius 2 is 2.04 bits per heavy atom. The molecule has 0 saturated heterocycles. The molecular weight excluding hydrogens is 312 g/mol. The number of nitrogens with one attached hydrogen (secondary N) is 2. The van der Waals surface area contributed by atoms with Gasteiger partial charge in [-0.25, -0.2) is 4.98 Å². The molecule has 0 atom stereocenters. The van der Waals surface area contributed by atoms with Crippen LogP contribution in [0, 0.1) is 0 Å². The van der Waals surface area contributed by atoms with Crippen LogP contribution in [-0.4, -0.2) is 49.3 Å². The van der Waals surface area contributed by atoms with E-state index in [0.717, 1.165) is 23.8 Å². The first-order chi connectivity index (χ1) is 11.2. The number of hydrogen-bond donors (Lipinski definition) is 3. The van der Waals surface area contributed by atoms with Gasteiger partial charge in [-0.15, -0.1) is 11.3 Å². The highest BCUT2D eigenvalue weighted by Gasteiger charge is 2.13. The number of hydrogen-bond acceptors (Lipinski definition) is 6. The second kappa shape index (κ2) is 9.24. The van der Waals surface area contributed by atoms with Gasteiger partial charge < -0.3 is 20.6 Å². The largest absolute Gasteiger partial charge is 0.395 e. The Labute approximate surface area is 140 Å². The molecule has 0 fully saturated rings. The molecular formula is C16H22N4O2S. The fourth-order valence-electron chi connectivity index (χ4n) is 1.99. The zero-order chi connectivity index (χ0) is 16.5. The van der Waals surface area contributed by atoms with Crippen molar-refractivity contribution in [2.75, 3.05) is 38.2 Å². The Hall–Kier alpha value is -1.96. The third kappa shape index (κ3) is 5.31. The molecule has 23 heavy (non-hydrogen) atoms. The van der Waals surface area contributed by atoms with E-state index in [0.29, 0.717) is 18.8 Å². The molecule has 0 aliphatic rings. The van der Waals surface area contributed by atoms with Crippen LogP contribution in [0.15, 0.2) is 35.7 Å². The van der Waals surface area contributed by atoms with E-state index >= 15 is 0 Å². The number of aromatic nitrogens is 1. The third-order valence-corrected chi connectivity index (χ3v) is 4.18. The summed E-state index contributed by atoms with van der Waals surface area (Å²) >= 11 is 1.44. The van der Waals surface area contributed by atoms with Crippen LogP contribution < -0.4 is 15.5 Å². The summed E-state index contributed by atoms with van der Waals surface area (Å²) in [7, 11) is 1.93. The number of aliphatic hydroxyl groups excluding tert-OH is 1. The third-order valence-electron chi connectivity index (χ3n) is 3.26. The highest BCUT2D eigenvalue weighted by molar-refractivity contribution is 7.14. The molecule has 124 valence electrons. The Bertz CT molecular complexity index is 603. The number of para-hydroxylation sites is 1. The lowest BCUT2D eigenvalue weighted by molar-refractivity contribution is 0.0949. The first-order valence-corrected chi connectivity index (χ1v) is 8.44. The molecule has 0 bridgehead atoms. The molecule has 3 N–H and O–H groups in total. The van der Waals surface area contributed by atoms with Crippen molar-refractivity contribution in [1.29, 1.82) is 0 Å². The van der Waals surface area contributed by atoms with Crippen molar-refractivity contribution >= 4 is 28.1 Å². The Morgan fingerprint density at radius 1 is 1.26 bits per heavy atom. The van der Waals surface area contributed by atoms with E-state index in [2.05, 4.69) is 15.6 Å². The second-order valence-corrected chi connectivity index (χ2v) is 5.83. The fraction of sp³-hybridized carbons (Fsp3) is 0.375. The molecule has 1 aromatic heterocycles. The van der Waals surface area contributed by atoms with Gasteiger partial charge in [-0.1, -0.05) is 18.2 Å². The van der Waals surface area contributed by atoms with E-state index in [-0.39, 0.29) is 12.5 Å². The molecule has 1 heterocycles. The molecule has 2 rings (SSSR count). The van der Waals surface area contributed by atoms with Gasteiger partial charge in [-0.3, -0.25) is 4.79 Å². The average Bonchev–Trinajstić information content (AvgIpc) is 3.08. The predicted molar refractivity (Wildman–Crippen MR) is 93.5 cm³/mol. The predicted octanol–water partition coefficient (Wildman–Crippen LogP) is 1.61. The molecule has 0 aliphatic carbocycles. The molecule has 0 spiro atoms. The van der Waals surface area contributed by atoms with Gasteiger partial charge in [0.25, 0.3) is 5.91 Å². The normalized spacial score (nSPS) is 10.5. The molecule has 6 nitrogen and oxygen atoms in total. The summed E-state index contributed by atoms with van der Waals surface area (Å²) in [5.74, 6) is -0.156.